The van der Waals surface area contributed by atoms with Gasteiger partial charge in [0, 0.05) is 17.7 Å². The number of nitrogens with zero attached hydrogens (tertiary/aromatic N) is 1. The fourth-order valence-electron chi connectivity index (χ4n) is 1.47. The van der Waals surface area contributed by atoms with E-state index in [-0.39, 0.29) is 18.3 Å². The van der Waals surface area contributed by atoms with Gasteiger partial charge < -0.3 is 10.4 Å². The molecule has 0 aliphatic rings. The first-order chi connectivity index (χ1) is 7.67. The van der Waals surface area contributed by atoms with E-state index in [2.05, 4.69) is 0 Å². The number of nitro benzene ring substituents is 1. The van der Waals surface area contributed by atoms with Gasteiger partial charge in [0.25, 0.3) is 5.69 Å². The van der Waals surface area contributed by atoms with Crippen molar-refractivity contribution in [3.05, 3.63) is 39.9 Å². The molecule has 5 nitrogen and oxygen atoms in total. The second kappa shape index (κ2) is 6.19. The lowest BCUT2D eigenvalue weighted by molar-refractivity contribution is -0.706. The highest BCUT2D eigenvalue weighted by Gasteiger charge is 2.10. The smallest absolute Gasteiger partial charge is 0.269 e. The molecule has 0 aliphatic heterocycles. The molecule has 1 aromatic carbocycles. The highest BCUT2D eigenvalue weighted by atomic mass is 16.6. The summed E-state index contributed by atoms with van der Waals surface area (Å²) in [6, 6.07) is 6.75. The molecule has 1 rings (SSSR count). The zero-order valence-electron chi connectivity index (χ0n) is 9.30. The van der Waals surface area contributed by atoms with Crippen molar-refractivity contribution in [1.82, 2.24) is 0 Å². The van der Waals surface area contributed by atoms with Crippen LogP contribution in [0.5, 0.6) is 0 Å². The van der Waals surface area contributed by atoms with Crippen molar-refractivity contribution in [2.75, 3.05) is 6.61 Å². The lowest BCUT2D eigenvalue weighted by Crippen LogP contribution is -2.89. The average Bonchev–Trinajstić information content (AvgIpc) is 2.31. The van der Waals surface area contributed by atoms with Crippen LogP contribution in [0.1, 0.15) is 18.9 Å². The van der Waals surface area contributed by atoms with Crippen molar-refractivity contribution >= 4 is 5.69 Å². The monoisotopic (exact) mass is 225 g/mol. The van der Waals surface area contributed by atoms with Crippen molar-refractivity contribution in [2.45, 2.75) is 25.9 Å². The molecule has 88 valence electrons. The van der Waals surface area contributed by atoms with Crippen LogP contribution in [0.3, 0.4) is 0 Å². The molecule has 0 aromatic heterocycles. The molecule has 0 fully saturated rings. The molecule has 0 saturated carbocycles. The Morgan fingerprint density at radius 2 is 2.31 bits per heavy atom. The standard InChI is InChI=1S/C11H16N2O3/c1-2-10(8-14)12-7-9-4-3-5-11(6-9)13(15)16/h3-6,10,12,14H,2,7-8H2,1H3/p+1/t10-/m0/s1. The third kappa shape index (κ3) is 3.60. The number of nitro groups is 1. The Hall–Kier alpha value is -1.46. The highest BCUT2D eigenvalue weighted by Crippen LogP contribution is 2.11. The zero-order valence-corrected chi connectivity index (χ0v) is 9.30. The molecule has 1 aromatic rings. The molecule has 0 amide bonds. The Balaban J connectivity index is 2.60. The minimum Gasteiger partial charge on any atom is -0.390 e. The molecule has 0 radical (unpaired) electrons. The summed E-state index contributed by atoms with van der Waals surface area (Å²) in [5, 5.41) is 21.6. The van der Waals surface area contributed by atoms with E-state index in [0.29, 0.717) is 6.54 Å². The zero-order chi connectivity index (χ0) is 12.0. The Kier molecular flexibility index (Phi) is 4.88. The van der Waals surface area contributed by atoms with Crippen molar-refractivity contribution in [3.8, 4) is 0 Å². The lowest BCUT2D eigenvalue weighted by atomic mass is 10.1. The van der Waals surface area contributed by atoms with E-state index in [4.69, 9.17) is 5.11 Å². The summed E-state index contributed by atoms with van der Waals surface area (Å²) in [5.41, 5.74) is 1.02. The van der Waals surface area contributed by atoms with Gasteiger partial charge in [-0.15, -0.1) is 0 Å². The first-order valence-corrected chi connectivity index (χ1v) is 5.35. The van der Waals surface area contributed by atoms with Crippen LogP contribution in [0.2, 0.25) is 0 Å². The van der Waals surface area contributed by atoms with E-state index in [1.807, 2.05) is 18.3 Å². The van der Waals surface area contributed by atoms with Gasteiger partial charge >= 0.3 is 0 Å². The van der Waals surface area contributed by atoms with Crippen molar-refractivity contribution < 1.29 is 15.3 Å². The molecule has 16 heavy (non-hydrogen) atoms. The Labute approximate surface area is 94.3 Å². The number of non-ortho nitro benzene ring substituents is 1. The summed E-state index contributed by atoms with van der Waals surface area (Å²) in [6.07, 6.45) is 0.880. The second-order valence-corrected chi connectivity index (χ2v) is 3.72. The largest absolute Gasteiger partial charge is 0.390 e. The van der Waals surface area contributed by atoms with Gasteiger partial charge in [0.05, 0.1) is 11.5 Å². The van der Waals surface area contributed by atoms with Crippen LogP contribution in [-0.4, -0.2) is 22.7 Å². The fourth-order valence-corrected chi connectivity index (χ4v) is 1.47. The van der Waals surface area contributed by atoms with Crippen LogP contribution in [0.25, 0.3) is 0 Å². The molecule has 0 unspecified atom stereocenters. The lowest BCUT2D eigenvalue weighted by Gasteiger charge is -2.10. The third-order valence-corrected chi connectivity index (χ3v) is 2.57. The Morgan fingerprint density at radius 3 is 2.88 bits per heavy atom. The Morgan fingerprint density at radius 1 is 1.56 bits per heavy atom. The van der Waals surface area contributed by atoms with E-state index in [9.17, 15) is 10.1 Å². The number of hydrogen-bond donors (Lipinski definition) is 2. The number of aliphatic hydroxyl groups excluding tert-OH is 1. The SMILES string of the molecule is CC[C@@H](CO)[NH2+]Cc1cccc([N+](=O)[O-])c1. The van der Waals surface area contributed by atoms with Crippen molar-refractivity contribution in [3.63, 3.8) is 0 Å². The third-order valence-electron chi connectivity index (χ3n) is 2.57. The van der Waals surface area contributed by atoms with Crippen molar-refractivity contribution in [2.24, 2.45) is 0 Å². The highest BCUT2D eigenvalue weighted by molar-refractivity contribution is 5.33. The van der Waals surface area contributed by atoms with E-state index < -0.39 is 4.92 Å². The maximum absolute atomic E-state index is 10.6. The summed E-state index contributed by atoms with van der Waals surface area (Å²) >= 11 is 0. The number of aliphatic hydroxyl groups is 1. The van der Waals surface area contributed by atoms with Crippen LogP contribution >= 0.6 is 0 Å². The number of quaternary nitrogens is 1. The summed E-state index contributed by atoms with van der Waals surface area (Å²) in [6.45, 7) is 2.79. The summed E-state index contributed by atoms with van der Waals surface area (Å²) in [5.74, 6) is 0. The van der Waals surface area contributed by atoms with Crippen LogP contribution in [-0.2, 0) is 6.54 Å². The number of nitrogens with two attached hydrogens (primary N) is 1. The molecular weight excluding hydrogens is 208 g/mol. The Bertz CT molecular complexity index is 351. The second-order valence-electron chi connectivity index (χ2n) is 3.72. The quantitative estimate of drug-likeness (QED) is 0.544. The maximum Gasteiger partial charge on any atom is 0.269 e. The van der Waals surface area contributed by atoms with Gasteiger partial charge in [-0.2, -0.15) is 0 Å². The van der Waals surface area contributed by atoms with Gasteiger partial charge in [0.2, 0.25) is 0 Å². The molecule has 0 heterocycles. The van der Waals surface area contributed by atoms with Crippen LogP contribution < -0.4 is 5.32 Å². The minimum atomic E-state index is -0.396. The van der Waals surface area contributed by atoms with E-state index in [0.717, 1.165) is 12.0 Å². The minimum absolute atomic E-state index is 0.114. The summed E-state index contributed by atoms with van der Waals surface area (Å²) in [7, 11) is 0. The first kappa shape index (κ1) is 12.6. The maximum atomic E-state index is 10.6. The topological polar surface area (TPSA) is 80.0 Å². The van der Waals surface area contributed by atoms with Gasteiger partial charge in [0.1, 0.15) is 12.6 Å². The first-order valence-electron chi connectivity index (χ1n) is 5.35. The van der Waals surface area contributed by atoms with Gasteiger partial charge in [0.15, 0.2) is 0 Å². The summed E-state index contributed by atoms with van der Waals surface area (Å²) in [4.78, 5) is 10.2. The summed E-state index contributed by atoms with van der Waals surface area (Å²) < 4.78 is 0. The fraction of sp³-hybridized carbons (Fsp3) is 0.455. The molecule has 0 spiro atoms. The molecule has 5 heteroatoms. The van der Waals surface area contributed by atoms with Crippen molar-refractivity contribution in [1.29, 1.82) is 0 Å². The van der Waals surface area contributed by atoms with Crippen LogP contribution in [0, 0.1) is 10.1 Å². The number of rotatable bonds is 6. The molecule has 0 aliphatic carbocycles. The van der Waals surface area contributed by atoms with Gasteiger partial charge in [-0.05, 0) is 6.42 Å². The molecule has 0 saturated heterocycles. The molecule has 1 atom stereocenters. The van der Waals surface area contributed by atoms with Gasteiger partial charge in [-0.3, -0.25) is 10.1 Å². The molecule has 3 N–H and O–H groups in total. The number of benzene rings is 1. The predicted molar refractivity (Wildman–Crippen MR) is 59.9 cm³/mol. The van der Waals surface area contributed by atoms with E-state index in [1.165, 1.54) is 6.07 Å². The molecular formula is C11H17N2O3+. The average molecular weight is 225 g/mol. The van der Waals surface area contributed by atoms with E-state index in [1.54, 1.807) is 12.1 Å². The normalized spacial score (nSPS) is 12.4. The van der Waals surface area contributed by atoms with Crippen LogP contribution in [0.15, 0.2) is 24.3 Å². The van der Waals surface area contributed by atoms with Gasteiger partial charge in [-0.25, -0.2) is 0 Å². The van der Waals surface area contributed by atoms with E-state index >= 15 is 0 Å². The molecule has 0 bridgehead atoms. The van der Waals surface area contributed by atoms with Gasteiger partial charge in [-0.1, -0.05) is 19.1 Å². The number of hydrogen-bond acceptors (Lipinski definition) is 3. The van der Waals surface area contributed by atoms with Crippen LogP contribution in [0.4, 0.5) is 5.69 Å². The predicted octanol–water partition coefficient (Wildman–Crippen LogP) is 0.429.